The maximum atomic E-state index is 12.5. The molecule has 25 heavy (non-hydrogen) atoms. The SMILES string of the molecule is CCOC(=O)N1CCN(C(=O)Cc2ccc3c(c2)nc(C)n3C)CC1. The minimum Gasteiger partial charge on any atom is -0.450 e. The van der Waals surface area contributed by atoms with Crippen molar-refractivity contribution >= 4 is 23.0 Å². The molecule has 0 saturated carbocycles. The number of benzene rings is 1. The Bertz CT molecular complexity index is 791. The van der Waals surface area contributed by atoms with Crippen LogP contribution < -0.4 is 0 Å². The maximum Gasteiger partial charge on any atom is 0.409 e. The van der Waals surface area contributed by atoms with Crippen LogP contribution in [0.5, 0.6) is 0 Å². The van der Waals surface area contributed by atoms with Crippen LogP contribution in [0.25, 0.3) is 11.0 Å². The lowest BCUT2D eigenvalue weighted by atomic mass is 10.1. The number of carbonyl (C=O) groups excluding carboxylic acids is 2. The Morgan fingerprint density at radius 1 is 1.16 bits per heavy atom. The first-order valence-corrected chi connectivity index (χ1v) is 8.61. The van der Waals surface area contributed by atoms with E-state index in [2.05, 4.69) is 4.98 Å². The Kier molecular flexibility index (Phi) is 4.92. The molecule has 134 valence electrons. The molecule has 0 unspecified atom stereocenters. The summed E-state index contributed by atoms with van der Waals surface area (Å²) < 4.78 is 7.04. The van der Waals surface area contributed by atoms with E-state index in [4.69, 9.17) is 4.74 Å². The summed E-state index contributed by atoms with van der Waals surface area (Å²) in [5.41, 5.74) is 2.94. The molecule has 2 amide bonds. The molecule has 0 aliphatic carbocycles. The Morgan fingerprint density at radius 2 is 1.84 bits per heavy atom. The second-order valence-corrected chi connectivity index (χ2v) is 6.28. The lowest BCUT2D eigenvalue weighted by Gasteiger charge is -2.34. The second kappa shape index (κ2) is 7.13. The minimum atomic E-state index is -0.300. The molecule has 0 spiro atoms. The molecule has 3 rings (SSSR count). The summed E-state index contributed by atoms with van der Waals surface area (Å²) in [7, 11) is 1.98. The smallest absolute Gasteiger partial charge is 0.409 e. The van der Waals surface area contributed by atoms with Gasteiger partial charge in [0.2, 0.25) is 5.91 Å². The third kappa shape index (κ3) is 3.60. The quantitative estimate of drug-likeness (QED) is 0.850. The number of rotatable bonds is 3. The first kappa shape index (κ1) is 17.3. The second-order valence-electron chi connectivity index (χ2n) is 6.28. The van der Waals surface area contributed by atoms with Gasteiger partial charge in [-0.15, -0.1) is 0 Å². The average molecular weight is 344 g/mol. The number of hydrogen-bond acceptors (Lipinski definition) is 4. The fraction of sp³-hybridized carbons (Fsp3) is 0.500. The summed E-state index contributed by atoms with van der Waals surface area (Å²) in [6.07, 6.45) is 0.0518. The number of amides is 2. The van der Waals surface area contributed by atoms with Crippen molar-refractivity contribution < 1.29 is 14.3 Å². The minimum absolute atomic E-state index is 0.0792. The first-order chi connectivity index (χ1) is 12.0. The Morgan fingerprint density at radius 3 is 2.52 bits per heavy atom. The number of aryl methyl sites for hydroxylation is 2. The largest absolute Gasteiger partial charge is 0.450 e. The number of piperazine rings is 1. The third-order valence-corrected chi connectivity index (χ3v) is 4.68. The summed E-state index contributed by atoms with van der Waals surface area (Å²) in [6.45, 7) is 6.25. The van der Waals surface area contributed by atoms with E-state index in [1.54, 1.807) is 11.8 Å². The third-order valence-electron chi connectivity index (χ3n) is 4.68. The predicted molar refractivity (Wildman–Crippen MR) is 94.3 cm³/mol. The summed E-state index contributed by atoms with van der Waals surface area (Å²) >= 11 is 0. The number of nitrogens with zero attached hydrogens (tertiary/aromatic N) is 4. The predicted octanol–water partition coefficient (Wildman–Crippen LogP) is 1.72. The van der Waals surface area contributed by atoms with Gasteiger partial charge in [-0.1, -0.05) is 6.07 Å². The normalized spacial score (nSPS) is 14.8. The molecule has 0 atom stereocenters. The van der Waals surface area contributed by atoms with Crippen molar-refractivity contribution in [3.63, 3.8) is 0 Å². The van der Waals surface area contributed by atoms with Gasteiger partial charge in [0.1, 0.15) is 5.82 Å². The van der Waals surface area contributed by atoms with Crippen LogP contribution in [0.2, 0.25) is 0 Å². The van der Waals surface area contributed by atoms with Gasteiger partial charge in [0.25, 0.3) is 0 Å². The molecule has 2 aromatic rings. The number of imidazole rings is 1. The summed E-state index contributed by atoms with van der Waals surface area (Å²) in [5.74, 6) is 1.03. The zero-order valence-electron chi connectivity index (χ0n) is 15.0. The summed E-state index contributed by atoms with van der Waals surface area (Å²) in [4.78, 5) is 32.2. The molecule has 1 aliphatic rings. The highest BCUT2D eigenvalue weighted by Gasteiger charge is 2.24. The van der Waals surface area contributed by atoms with Crippen molar-refractivity contribution in [1.82, 2.24) is 19.4 Å². The van der Waals surface area contributed by atoms with Gasteiger partial charge in [0.05, 0.1) is 24.1 Å². The van der Waals surface area contributed by atoms with Crippen molar-refractivity contribution in [2.24, 2.45) is 7.05 Å². The van der Waals surface area contributed by atoms with Crippen molar-refractivity contribution in [2.45, 2.75) is 20.3 Å². The summed E-state index contributed by atoms with van der Waals surface area (Å²) in [6, 6.07) is 5.97. The van der Waals surface area contributed by atoms with Crippen LogP contribution in [0, 0.1) is 6.92 Å². The Hall–Kier alpha value is -2.57. The molecule has 0 radical (unpaired) electrons. The van der Waals surface area contributed by atoms with Crippen LogP contribution in [-0.2, 0) is 23.0 Å². The fourth-order valence-electron chi connectivity index (χ4n) is 3.12. The molecule has 7 nitrogen and oxygen atoms in total. The number of aromatic nitrogens is 2. The highest BCUT2D eigenvalue weighted by atomic mass is 16.6. The van der Waals surface area contributed by atoms with Crippen LogP contribution in [-0.4, -0.2) is 64.1 Å². The van der Waals surface area contributed by atoms with Crippen LogP contribution in [0.15, 0.2) is 18.2 Å². The van der Waals surface area contributed by atoms with E-state index in [0.717, 1.165) is 22.4 Å². The van der Waals surface area contributed by atoms with Gasteiger partial charge >= 0.3 is 6.09 Å². The molecule has 1 aliphatic heterocycles. The van der Waals surface area contributed by atoms with Gasteiger partial charge < -0.3 is 19.1 Å². The number of carbonyl (C=O) groups is 2. The van der Waals surface area contributed by atoms with E-state index in [0.29, 0.717) is 39.2 Å². The maximum absolute atomic E-state index is 12.5. The van der Waals surface area contributed by atoms with Crippen LogP contribution in [0.4, 0.5) is 4.79 Å². The molecule has 7 heteroatoms. The lowest BCUT2D eigenvalue weighted by molar-refractivity contribution is -0.132. The molecular weight excluding hydrogens is 320 g/mol. The van der Waals surface area contributed by atoms with Crippen LogP contribution in [0.3, 0.4) is 0 Å². The summed E-state index contributed by atoms with van der Waals surface area (Å²) in [5, 5.41) is 0. The molecule has 0 bridgehead atoms. The monoisotopic (exact) mass is 344 g/mol. The Balaban J connectivity index is 1.60. The topological polar surface area (TPSA) is 67.7 Å². The fourth-order valence-corrected chi connectivity index (χ4v) is 3.12. The van der Waals surface area contributed by atoms with E-state index >= 15 is 0 Å². The molecule has 0 N–H and O–H groups in total. The molecule has 1 saturated heterocycles. The molecule has 1 aromatic carbocycles. The van der Waals surface area contributed by atoms with E-state index in [-0.39, 0.29) is 12.0 Å². The Labute approximate surface area is 147 Å². The standard InChI is InChI=1S/C18H24N4O3/c1-4-25-18(24)22-9-7-21(8-10-22)17(23)12-14-5-6-16-15(11-14)19-13(2)20(16)3/h5-6,11H,4,7-10,12H2,1-3H3. The van der Waals surface area contributed by atoms with Gasteiger partial charge in [-0.05, 0) is 31.5 Å². The number of fused-ring (bicyclic) bond motifs is 1. The molecule has 2 heterocycles. The number of hydrogen-bond donors (Lipinski definition) is 0. The zero-order chi connectivity index (χ0) is 18.0. The first-order valence-electron chi connectivity index (χ1n) is 8.61. The van der Waals surface area contributed by atoms with Crippen molar-refractivity contribution in [1.29, 1.82) is 0 Å². The van der Waals surface area contributed by atoms with Crippen LogP contribution in [0.1, 0.15) is 18.3 Å². The van der Waals surface area contributed by atoms with Gasteiger partial charge in [-0.2, -0.15) is 0 Å². The van der Waals surface area contributed by atoms with Crippen LogP contribution >= 0.6 is 0 Å². The highest BCUT2D eigenvalue weighted by molar-refractivity contribution is 5.82. The van der Waals surface area contributed by atoms with Gasteiger partial charge in [-0.3, -0.25) is 4.79 Å². The lowest BCUT2D eigenvalue weighted by Crippen LogP contribution is -2.51. The molecule has 1 aromatic heterocycles. The van der Waals surface area contributed by atoms with Gasteiger partial charge in [-0.25, -0.2) is 9.78 Å². The number of ether oxygens (including phenoxy) is 1. The van der Waals surface area contributed by atoms with E-state index in [1.165, 1.54) is 0 Å². The van der Waals surface area contributed by atoms with Crippen molar-refractivity contribution in [3.8, 4) is 0 Å². The average Bonchev–Trinajstić information content (AvgIpc) is 2.89. The van der Waals surface area contributed by atoms with Crippen molar-refractivity contribution in [2.75, 3.05) is 32.8 Å². The van der Waals surface area contributed by atoms with E-state index in [9.17, 15) is 9.59 Å². The molecule has 1 fully saturated rings. The van der Waals surface area contributed by atoms with E-state index < -0.39 is 0 Å². The van der Waals surface area contributed by atoms with Crippen molar-refractivity contribution in [3.05, 3.63) is 29.6 Å². The zero-order valence-corrected chi connectivity index (χ0v) is 15.0. The van der Waals surface area contributed by atoms with Gasteiger partial charge in [0, 0.05) is 33.2 Å². The van der Waals surface area contributed by atoms with E-state index in [1.807, 2.05) is 41.6 Å². The highest BCUT2D eigenvalue weighted by Crippen LogP contribution is 2.17. The molecular formula is C18H24N4O3. The van der Waals surface area contributed by atoms with Gasteiger partial charge in [0.15, 0.2) is 0 Å².